The molecule has 2 N–H and O–H groups in total. The van der Waals surface area contributed by atoms with Gasteiger partial charge in [-0.05, 0) is 37.8 Å². The van der Waals surface area contributed by atoms with E-state index in [-0.39, 0.29) is 0 Å². The number of nitrogens with two attached hydrogens (primary N) is 1. The van der Waals surface area contributed by atoms with Crippen LogP contribution in [0.3, 0.4) is 0 Å². The van der Waals surface area contributed by atoms with Gasteiger partial charge >= 0.3 is 0 Å². The van der Waals surface area contributed by atoms with Gasteiger partial charge in [0.25, 0.3) is 0 Å². The van der Waals surface area contributed by atoms with Crippen LogP contribution in [0.2, 0.25) is 0 Å². The summed E-state index contributed by atoms with van der Waals surface area (Å²) in [5, 5.41) is 0. The first kappa shape index (κ1) is 14.5. The van der Waals surface area contributed by atoms with Crippen LogP contribution in [0.25, 0.3) is 0 Å². The lowest BCUT2D eigenvalue weighted by molar-refractivity contribution is 0.108. The Morgan fingerprint density at radius 3 is 2.68 bits per heavy atom. The van der Waals surface area contributed by atoms with Crippen LogP contribution in [-0.2, 0) is 4.74 Å². The molecular weight excluding hydrogens is 236 g/mol. The van der Waals surface area contributed by atoms with Crippen molar-refractivity contribution in [1.82, 2.24) is 4.90 Å². The summed E-state index contributed by atoms with van der Waals surface area (Å²) >= 11 is 0. The molecule has 0 bridgehead atoms. The molecule has 1 saturated carbocycles. The Balaban J connectivity index is 1.99. The van der Waals surface area contributed by atoms with Gasteiger partial charge in [-0.1, -0.05) is 30.3 Å². The third-order valence-corrected chi connectivity index (χ3v) is 4.35. The molecule has 0 radical (unpaired) electrons. The van der Waals surface area contributed by atoms with Crippen LogP contribution in [0, 0.1) is 0 Å². The van der Waals surface area contributed by atoms with Crippen LogP contribution < -0.4 is 5.73 Å². The fourth-order valence-corrected chi connectivity index (χ4v) is 3.11. The second-order valence-corrected chi connectivity index (χ2v) is 5.63. The zero-order valence-electron chi connectivity index (χ0n) is 12.1. The number of nitrogens with zero attached hydrogens (tertiary/aromatic N) is 1. The minimum Gasteiger partial charge on any atom is -0.383 e. The standard InChI is InChI=1S/C16H26N2O/c1-18(10-11-19-2)16-12-14(8-9-15(16)17)13-6-4-3-5-7-13/h3-7,14-16H,8-12,17H2,1-2H3. The molecule has 1 aromatic rings. The summed E-state index contributed by atoms with van der Waals surface area (Å²) in [5.74, 6) is 0.649. The lowest BCUT2D eigenvalue weighted by Crippen LogP contribution is -2.50. The van der Waals surface area contributed by atoms with E-state index in [4.69, 9.17) is 10.5 Å². The Morgan fingerprint density at radius 1 is 1.26 bits per heavy atom. The third-order valence-electron chi connectivity index (χ3n) is 4.35. The first-order chi connectivity index (χ1) is 9.22. The maximum absolute atomic E-state index is 6.31. The number of hydrogen-bond donors (Lipinski definition) is 1. The van der Waals surface area contributed by atoms with Gasteiger partial charge in [0.1, 0.15) is 0 Å². The minimum absolute atomic E-state index is 0.293. The predicted molar refractivity (Wildman–Crippen MR) is 79.3 cm³/mol. The fourth-order valence-electron chi connectivity index (χ4n) is 3.11. The van der Waals surface area contributed by atoms with E-state index in [2.05, 4.69) is 42.3 Å². The molecule has 1 aliphatic rings. The van der Waals surface area contributed by atoms with Gasteiger partial charge in [0.2, 0.25) is 0 Å². The fraction of sp³-hybridized carbons (Fsp3) is 0.625. The molecule has 106 valence electrons. The molecule has 3 nitrogen and oxygen atoms in total. The molecule has 0 saturated heterocycles. The highest BCUT2D eigenvalue weighted by atomic mass is 16.5. The molecule has 1 aliphatic carbocycles. The summed E-state index contributed by atoms with van der Waals surface area (Å²) < 4.78 is 5.17. The molecule has 2 rings (SSSR count). The molecule has 0 aliphatic heterocycles. The quantitative estimate of drug-likeness (QED) is 0.884. The molecular formula is C16H26N2O. The van der Waals surface area contributed by atoms with Crippen molar-refractivity contribution in [2.45, 2.75) is 37.3 Å². The van der Waals surface area contributed by atoms with Crippen LogP contribution in [0.4, 0.5) is 0 Å². The van der Waals surface area contributed by atoms with E-state index < -0.39 is 0 Å². The van der Waals surface area contributed by atoms with Gasteiger partial charge in [-0.25, -0.2) is 0 Å². The van der Waals surface area contributed by atoms with Crippen molar-refractivity contribution in [3.05, 3.63) is 35.9 Å². The van der Waals surface area contributed by atoms with E-state index in [1.54, 1.807) is 7.11 Å². The maximum atomic E-state index is 6.31. The average molecular weight is 262 g/mol. The van der Waals surface area contributed by atoms with E-state index in [1.165, 1.54) is 12.0 Å². The highest BCUT2D eigenvalue weighted by Crippen LogP contribution is 2.34. The highest BCUT2D eigenvalue weighted by molar-refractivity contribution is 5.20. The Kier molecular flexibility index (Phi) is 5.37. The predicted octanol–water partition coefficient (Wildman–Crippen LogP) is 2.23. The Labute approximate surface area is 116 Å². The first-order valence-electron chi connectivity index (χ1n) is 7.22. The van der Waals surface area contributed by atoms with Crippen molar-refractivity contribution in [3.8, 4) is 0 Å². The van der Waals surface area contributed by atoms with Gasteiger partial charge in [-0.3, -0.25) is 4.90 Å². The number of hydrogen-bond acceptors (Lipinski definition) is 3. The summed E-state index contributed by atoms with van der Waals surface area (Å²) in [6, 6.07) is 11.6. The van der Waals surface area contributed by atoms with Crippen molar-refractivity contribution in [1.29, 1.82) is 0 Å². The van der Waals surface area contributed by atoms with Crippen LogP contribution in [-0.4, -0.2) is 44.3 Å². The third kappa shape index (κ3) is 3.78. The van der Waals surface area contributed by atoms with Crippen molar-refractivity contribution in [2.75, 3.05) is 27.3 Å². The molecule has 0 heterocycles. The van der Waals surface area contributed by atoms with E-state index in [0.29, 0.717) is 18.0 Å². The summed E-state index contributed by atoms with van der Waals surface area (Å²) in [6.07, 6.45) is 3.48. The van der Waals surface area contributed by atoms with Crippen LogP contribution in [0.15, 0.2) is 30.3 Å². The smallest absolute Gasteiger partial charge is 0.0589 e. The SMILES string of the molecule is COCCN(C)C1CC(c2ccccc2)CCC1N. The number of methoxy groups -OCH3 is 1. The van der Waals surface area contributed by atoms with Gasteiger partial charge in [0.05, 0.1) is 6.61 Å². The van der Waals surface area contributed by atoms with Crippen molar-refractivity contribution >= 4 is 0 Å². The van der Waals surface area contributed by atoms with Crippen LogP contribution >= 0.6 is 0 Å². The summed E-state index contributed by atoms with van der Waals surface area (Å²) in [6.45, 7) is 1.73. The molecule has 0 aromatic heterocycles. The number of likely N-dealkylation sites (N-methyl/N-ethyl adjacent to an activating group) is 1. The van der Waals surface area contributed by atoms with Crippen molar-refractivity contribution in [2.24, 2.45) is 5.73 Å². The molecule has 1 aromatic carbocycles. The number of rotatable bonds is 5. The van der Waals surface area contributed by atoms with Crippen molar-refractivity contribution < 1.29 is 4.74 Å². The first-order valence-corrected chi connectivity index (χ1v) is 7.22. The average Bonchev–Trinajstić information content (AvgIpc) is 2.46. The molecule has 1 fully saturated rings. The summed E-state index contributed by atoms with van der Waals surface area (Å²) in [7, 11) is 3.92. The Morgan fingerprint density at radius 2 is 2.00 bits per heavy atom. The zero-order valence-corrected chi connectivity index (χ0v) is 12.1. The normalized spacial score (nSPS) is 27.7. The van der Waals surface area contributed by atoms with E-state index in [9.17, 15) is 0 Å². The van der Waals surface area contributed by atoms with Gasteiger partial charge in [-0.15, -0.1) is 0 Å². The van der Waals surface area contributed by atoms with Crippen LogP contribution in [0.5, 0.6) is 0 Å². The molecule has 3 unspecified atom stereocenters. The zero-order chi connectivity index (χ0) is 13.7. The van der Waals surface area contributed by atoms with Gasteiger partial charge in [0, 0.05) is 25.7 Å². The molecule has 19 heavy (non-hydrogen) atoms. The monoisotopic (exact) mass is 262 g/mol. The van der Waals surface area contributed by atoms with E-state index >= 15 is 0 Å². The lowest BCUT2D eigenvalue weighted by Gasteiger charge is -2.39. The van der Waals surface area contributed by atoms with Crippen LogP contribution in [0.1, 0.15) is 30.7 Å². The maximum Gasteiger partial charge on any atom is 0.0589 e. The van der Waals surface area contributed by atoms with Gasteiger partial charge < -0.3 is 10.5 Å². The molecule has 3 heteroatoms. The second kappa shape index (κ2) is 7.04. The minimum atomic E-state index is 0.293. The van der Waals surface area contributed by atoms with E-state index in [0.717, 1.165) is 26.0 Å². The van der Waals surface area contributed by atoms with E-state index in [1.807, 2.05) is 0 Å². The van der Waals surface area contributed by atoms with Crippen molar-refractivity contribution in [3.63, 3.8) is 0 Å². The highest BCUT2D eigenvalue weighted by Gasteiger charge is 2.31. The summed E-state index contributed by atoms with van der Waals surface area (Å²) in [4.78, 5) is 2.36. The molecule has 0 amide bonds. The molecule has 0 spiro atoms. The summed E-state index contributed by atoms with van der Waals surface area (Å²) in [5.41, 5.74) is 7.77. The largest absolute Gasteiger partial charge is 0.383 e. The second-order valence-electron chi connectivity index (χ2n) is 5.63. The Hall–Kier alpha value is -0.900. The van der Waals surface area contributed by atoms with Gasteiger partial charge in [-0.2, -0.15) is 0 Å². The number of benzene rings is 1. The number of ether oxygens (including phenoxy) is 1. The lowest BCUT2D eigenvalue weighted by atomic mass is 9.78. The molecule has 3 atom stereocenters. The topological polar surface area (TPSA) is 38.5 Å². The van der Waals surface area contributed by atoms with Gasteiger partial charge in [0.15, 0.2) is 0 Å². The Bertz CT molecular complexity index is 368.